The third-order valence-corrected chi connectivity index (χ3v) is 4.27. The van der Waals surface area contributed by atoms with Crippen LogP contribution in [0.25, 0.3) is 0 Å². The van der Waals surface area contributed by atoms with Crippen LogP contribution in [0.4, 0.5) is 5.82 Å². The quantitative estimate of drug-likeness (QED) is 0.781. The first-order chi connectivity index (χ1) is 9.33. The summed E-state index contributed by atoms with van der Waals surface area (Å²) in [7, 11) is 0. The van der Waals surface area contributed by atoms with Gasteiger partial charge in [0.25, 0.3) is 0 Å². The predicted octanol–water partition coefficient (Wildman–Crippen LogP) is 2.15. The Morgan fingerprint density at radius 3 is 2.79 bits per heavy atom. The Labute approximate surface area is 113 Å². The number of aromatic amines is 1. The van der Waals surface area contributed by atoms with Gasteiger partial charge < -0.3 is 10.6 Å². The third-order valence-electron chi connectivity index (χ3n) is 4.27. The average molecular weight is 262 g/mol. The topological polar surface area (TPSA) is 69.8 Å². The Morgan fingerprint density at radius 1 is 1.21 bits per heavy atom. The summed E-state index contributed by atoms with van der Waals surface area (Å²) in [6, 6.07) is 1.96. The van der Waals surface area contributed by atoms with Gasteiger partial charge in [-0.1, -0.05) is 19.3 Å². The number of nitrogens with zero attached hydrogens (tertiary/aromatic N) is 1. The van der Waals surface area contributed by atoms with E-state index in [1.165, 1.54) is 37.8 Å². The standard InChI is InChI=1S/C14H22N4O/c19-14(11-7-4-8-15-11)16-13-9-12(17-18-13)10-5-2-1-3-6-10/h9-11,15H,1-8H2,(H2,16,17,18,19). The SMILES string of the molecule is O=C(Nc1cc(C2CCCCC2)[nH]n1)C1CCCN1. The second kappa shape index (κ2) is 5.74. The molecule has 1 amide bonds. The fraction of sp³-hybridized carbons (Fsp3) is 0.714. The first kappa shape index (κ1) is 12.7. The van der Waals surface area contributed by atoms with Crippen LogP contribution in [0.15, 0.2) is 6.07 Å². The molecule has 0 bridgehead atoms. The Hall–Kier alpha value is -1.36. The molecule has 2 heterocycles. The van der Waals surface area contributed by atoms with Crippen molar-refractivity contribution in [1.29, 1.82) is 0 Å². The van der Waals surface area contributed by atoms with Crippen molar-refractivity contribution in [3.63, 3.8) is 0 Å². The lowest BCUT2D eigenvalue weighted by Crippen LogP contribution is -2.35. The maximum Gasteiger partial charge on any atom is 0.242 e. The van der Waals surface area contributed by atoms with Crippen molar-refractivity contribution in [2.45, 2.75) is 56.9 Å². The zero-order chi connectivity index (χ0) is 13.1. The van der Waals surface area contributed by atoms with Gasteiger partial charge in [-0.25, -0.2) is 0 Å². The van der Waals surface area contributed by atoms with Crippen molar-refractivity contribution < 1.29 is 4.79 Å². The fourth-order valence-corrected chi connectivity index (χ4v) is 3.15. The smallest absolute Gasteiger partial charge is 0.242 e. The molecule has 0 aromatic carbocycles. The largest absolute Gasteiger partial charge is 0.308 e. The van der Waals surface area contributed by atoms with Crippen LogP contribution >= 0.6 is 0 Å². The van der Waals surface area contributed by atoms with E-state index >= 15 is 0 Å². The summed E-state index contributed by atoms with van der Waals surface area (Å²) in [5.74, 6) is 1.30. The van der Waals surface area contributed by atoms with Crippen molar-refractivity contribution in [2.24, 2.45) is 0 Å². The number of H-pyrrole nitrogens is 1. The number of hydrogen-bond donors (Lipinski definition) is 3. The number of nitrogens with one attached hydrogen (secondary N) is 3. The van der Waals surface area contributed by atoms with Gasteiger partial charge in [0.15, 0.2) is 5.82 Å². The summed E-state index contributed by atoms with van der Waals surface area (Å²) in [6.45, 7) is 0.936. The second-order valence-corrected chi connectivity index (χ2v) is 5.68. The van der Waals surface area contributed by atoms with Gasteiger partial charge in [-0.2, -0.15) is 5.10 Å². The predicted molar refractivity (Wildman–Crippen MR) is 74.1 cm³/mol. The summed E-state index contributed by atoms with van der Waals surface area (Å²) in [6.07, 6.45) is 8.42. The molecule has 2 aliphatic rings. The highest BCUT2D eigenvalue weighted by Crippen LogP contribution is 2.32. The highest BCUT2D eigenvalue weighted by Gasteiger charge is 2.23. The van der Waals surface area contributed by atoms with Crippen molar-refractivity contribution >= 4 is 11.7 Å². The molecule has 1 atom stereocenters. The molecule has 1 aliphatic heterocycles. The molecule has 1 unspecified atom stereocenters. The fourth-order valence-electron chi connectivity index (χ4n) is 3.15. The van der Waals surface area contributed by atoms with Gasteiger partial charge in [0.05, 0.1) is 6.04 Å². The number of aromatic nitrogens is 2. The molecule has 0 spiro atoms. The lowest BCUT2D eigenvalue weighted by Gasteiger charge is -2.19. The molecule has 5 nitrogen and oxygen atoms in total. The lowest BCUT2D eigenvalue weighted by atomic mass is 9.87. The molecule has 19 heavy (non-hydrogen) atoms. The number of amides is 1. The molecule has 3 N–H and O–H groups in total. The van der Waals surface area contributed by atoms with Gasteiger partial charge in [0.2, 0.25) is 5.91 Å². The molecule has 2 fully saturated rings. The summed E-state index contributed by atoms with van der Waals surface area (Å²) in [4.78, 5) is 12.0. The number of carbonyl (C=O) groups excluding carboxylic acids is 1. The van der Waals surface area contributed by atoms with E-state index in [9.17, 15) is 4.79 Å². The first-order valence-electron chi connectivity index (χ1n) is 7.42. The molecule has 1 saturated heterocycles. The number of rotatable bonds is 3. The van der Waals surface area contributed by atoms with Gasteiger partial charge in [0.1, 0.15) is 0 Å². The van der Waals surface area contributed by atoms with Crippen molar-refractivity contribution in [3.05, 3.63) is 11.8 Å². The van der Waals surface area contributed by atoms with Crippen molar-refractivity contribution in [2.75, 3.05) is 11.9 Å². The number of carbonyl (C=O) groups is 1. The van der Waals surface area contributed by atoms with Crippen LogP contribution in [-0.2, 0) is 4.79 Å². The minimum atomic E-state index is -0.0465. The Bertz CT molecular complexity index is 430. The van der Waals surface area contributed by atoms with E-state index in [1.54, 1.807) is 0 Å². The Balaban J connectivity index is 1.59. The molecule has 1 aromatic rings. The zero-order valence-electron chi connectivity index (χ0n) is 11.2. The summed E-state index contributed by atoms with van der Waals surface area (Å²) >= 11 is 0. The van der Waals surface area contributed by atoms with Gasteiger partial charge >= 0.3 is 0 Å². The monoisotopic (exact) mass is 262 g/mol. The third kappa shape index (κ3) is 2.97. The van der Waals surface area contributed by atoms with Crippen LogP contribution in [0.5, 0.6) is 0 Å². The van der Waals surface area contributed by atoms with E-state index in [1.807, 2.05) is 6.07 Å². The van der Waals surface area contributed by atoms with Crippen LogP contribution in [0.3, 0.4) is 0 Å². The normalized spacial score (nSPS) is 24.5. The highest BCUT2D eigenvalue weighted by molar-refractivity contribution is 5.94. The molecule has 1 saturated carbocycles. The number of anilines is 1. The average Bonchev–Trinajstić information content (AvgIpc) is 3.11. The van der Waals surface area contributed by atoms with Crippen molar-refractivity contribution in [1.82, 2.24) is 15.5 Å². The maximum absolute atomic E-state index is 12.0. The summed E-state index contributed by atoms with van der Waals surface area (Å²) in [5, 5.41) is 13.4. The second-order valence-electron chi connectivity index (χ2n) is 5.68. The van der Waals surface area contributed by atoms with Gasteiger partial charge in [-0.3, -0.25) is 9.89 Å². The molecule has 3 rings (SSSR count). The van der Waals surface area contributed by atoms with Gasteiger partial charge in [-0.15, -0.1) is 0 Å². The van der Waals surface area contributed by atoms with Crippen molar-refractivity contribution in [3.8, 4) is 0 Å². The molecule has 0 radical (unpaired) electrons. The molecule has 1 aromatic heterocycles. The van der Waals surface area contributed by atoms with Crippen LogP contribution in [-0.4, -0.2) is 28.7 Å². The lowest BCUT2D eigenvalue weighted by molar-refractivity contribution is -0.117. The Kier molecular flexibility index (Phi) is 3.82. The Morgan fingerprint density at radius 2 is 2.05 bits per heavy atom. The minimum absolute atomic E-state index is 0.0409. The van der Waals surface area contributed by atoms with Crippen LogP contribution in [0, 0.1) is 0 Å². The summed E-state index contributed by atoms with van der Waals surface area (Å²) in [5.41, 5.74) is 1.18. The molecule has 104 valence electrons. The maximum atomic E-state index is 12.0. The van der Waals surface area contributed by atoms with E-state index in [0.717, 1.165) is 19.4 Å². The van der Waals surface area contributed by atoms with Crippen LogP contribution in [0.2, 0.25) is 0 Å². The van der Waals surface area contributed by atoms with Gasteiger partial charge in [0, 0.05) is 17.7 Å². The highest BCUT2D eigenvalue weighted by atomic mass is 16.2. The van der Waals surface area contributed by atoms with Crippen LogP contribution < -0.4 is 10.6 Å². The zero-order valence-corrected chi connectivity index (χ0v) is 11.2. The number of hydrogen-bond acceptors (Lipinski definition) is 3. The van der Waals surface area contributed by atoms with E-state index in [2.05, 4.69) is 20.8 Å². The first-order valence-corrected chi connectivity index (χ1v) is 7.42. The molecular weight excluding hydrogens is 240 g/mol. The minimum Gasteiger partial charge on any atom is -0.308 e. The van der Waals surface area contributed by atoms with E-state index in [0.29, 0.717) is 11.7 Å². The molecular formula is C14H22N4O. The molecule has 1 aliphatic carbocycles. The van der Waals surface area contributed by atoms with E-state index in [-0.39, 0.29) is 11.9 Å². The molecule has 5 heteroatoms. The van der Waals surface area contributed by atoms with E-state index < -0.39 is 0 Å². The summed E-state index contributed by atoms with van der Waals surface area (Å²) < 4.78 is 0. The van der Waals surface area contributed by atoms with E-state index in [4.69, 9.17) is 0 Å². The van der Waals surface area contributed by atoms with Gasteiger partial charge in [-0.05, 0) is 32.2 Å². The van der Waals surface area contributed by atoms with Crippen LogP contribution in [0.1, 0.15) is 56.6 Å².